The Morgan fingerprint density at radius 3 is 2.88 bits per heavy atom. The molecule has 3 nitrogen and oxygen atoms in total. The molecule has 16 heavy (non-hydrogen) atoms. The maximum Gasteiger partial charge on any atom is 0.0647 e. The molecule has 0 bridgehead atoms. The van der Waals surface area contributed by atoms with Gasteiger partial charge in [0.05, 0.1) is 12.6 Å². The van der Waals surface area contributed by atoms with Gasteiger partial charge in [0.25, 0.3) is 0 Å². The van der Waals surface area contributed by atoms with E-state index in [1.54, 1.807) is 0 Å². The second-order valence-corrected chi connectivity index (χ2v) is 4.58. The number of aliphatic hydroxyl groups is 1. The lowest BCUT2D eigenvalue weighted by atomic mass is 10.1. The summed E-state index contributed by atoms with van der Waals surface area (Å²) in [6, 6.07) is 9.04. The van der Waals surface area contributed by atoms with Crippen LogP contribution >= 0.6 is 0 Å². The number of hydrogen-bond donors (Lipinski definition) is 2. The van der Waals surface area contributed by atoms with Crippen LogP contribution in [0.4, 0.5) is 5.69 Å². The van der Waals surface area contributed by atoms with Gasteiger partial charge in [0.15, 0.2) is 0 Å². The molecule has 88 valence electrons. The van der Waals surface area contributed by atoms with Crippen molar-refractivity contribution >= 4 is 5.69 Å². The van der Waals surface area contributed by atoms with Crippen molar-refractivity contribution in [2.75, 3.05) is 24.6 Å². The molecule has 2 N–H and O–H groups in total. The average molecular weight is 220 g/mol. The van der Waals surface area contributed by atoms with Crippen LogP contribution in [-0.4, -0.2) is 36.9 Å². The SMILES string of the molecule is Cc1ccccc1N1CC(C)NCC1CO. The molecule has 0 spiro atoms. The van der Waals surface area contributed by atoms with Crippen molar-refractivity contribution in [3.05, 3.63) is 29.8 Å². The largest absolute Gasteiger partial charge is 0.394 e. The number of piperazine rings is 1. The highest BCUT2D eigenvalue weighted by molar-refractivity contribution is 5.54. The van der Waals surface area contributed by atoms with Gasteiger partial charge in [0.2, 0.25) is 0 Å². The molecule has 1 aromatic rings. The number of para-hydroxylation sites is 1. The summed E-state index contributed by atoms with van der Waals surface area (Å²) in [7, 11) is 0. The van der Waals surface area contributed by atoms with Crippen LogP contribution in [0, 0.1) is 6.92 Å². The highest BCUT2D eigenvalue weighted by Crippen LogP contribution is 2.23. The van der Waals surface area contributed by atoms with E-state index in [0.717, 1.165) is 13.1 Å². The number of benzene rings is 1. The summed E-state index contributed by atoms with van der Waals surface area (Å²) in [6.45, 7) is 6.31. The first kappa shape index (κ1) is 11.4. The summed E-state index contributed by atoms with van der Waals surface area (Å²) in [6.07, 6.45) is 0. The highest BCUT2D eigenvalue weighted by atomic mass is 16.3. The number of aryl methyl sites for hydroxylation is 1. The minimum absolute atomic E-state index is 0.192. The lowest BCUT2D eigenvalue weighted by Crippen LogP contribution is -2.57. The average Bonchev–Trinajstić information content (AvgIpc) is 2.29. The number of anilines is 1. The zero-order valence-corrected chi connectivity index (χ0v) is 9.98. The molecule has 3 heteroatoms. The number of nitrogens with zero attached hydrogens (tertiary/aromatic N) is 1. The molecule has 0 aliphatic carbocycles. The second-order valence-electron chi connectivity index (χ2n) is 4.58. The van der Waals surface area contributed by atoms with Crippen LogP contribution in [0.5, 0.6) is 0 Å². The molecule has 0 saturated carbocycles. The fourth-order valence-electron chi connectivity index (χ4n) is 2.30. The molecule has 1 aliphatic heterocycles. The van der Waals surface area contributed by atoms with Crippen molar-refractivity contribution < 1.29 is 5.11 Å². The van der Waals surface area contributed by atoms with Crippen LogP contribution in [0.3, 0.4) is 0 Å². The first-order valence-electron chi connectivity index (χ1n) is 5.89. The maximum atomic E-state index is 9.42. The van der Waals surface area contributed by atoms with Crippen LogP contribution in [-0.2, 0) is 0 Å². The minimum atomic E-state index is 0.192. The molecular weight excluding hydrogens is 200 g/mol. The molecule has 2 unspecified atom stereocenters. The third-order valence-electron chi connectivity index (χ3n) is 3.25. The third-order valence-corrected chi connectivity index (χ3v) is 3.25. The van der Waals surface area contributed by atoms with Gasteiger partial charge in [-0.25, -0.2) is 0 Å². The van der Waals surface area contributed by atoms with Gasteiger partial charge in [0.1, 0.15) is 0 Å². The normalized spacial score (nSPS) is 25.8. The van der Waals surface area contributed by atoms with Gasteiger partial charge in [-0.3, -0.25) is 0 Å². The number of rotatable bonds is 2. The zero-order chi connectivity index (χ0) is 11.5. The van der Waals surface area contributed by atoms with E-state index in [1.807, 2.05) is 0 Å². The van der Waals surface area contributed by atoms with Crippen molar-refractivity contribution in [2.24, 2.45) is 0 Å². The van der Waals surface area contributed by atoms with Crippen LogP contribution in [0.2, 0.25) is 0 Å². The fraction of sp³-hybridized carbons (Fsp3) is 0.538. The molecule has 1 heterocycles. The zero-order valence-electron chi connectivity index (χ0n) is 9.98. The Hall–Kier alpha value is -1.06. The first-order chi connectivity index (χ1) is 7.72. The van der Waals surface area contributed by atoms with E-state index in [1.165, 1.54) is 11.3 Å². The van der Waals surface area contributed by atoms with Gasteiger partial charge in [-0.05, 0) is 25.5 Å². The lowest BCUT2D eigenvalue weighted by Gasteiger charge is -2.40. The molecular formula is C13H20N2O. The summed E-state index contributed by atoms with van der Waals surface area (Å²) in [5.41, 5.74) is 2.52. The summed E-state index contributed by atoms with van der Waals surface area (Å²) in [4.78, 5) is 2.32. The molecule has 1 aromatic carbocycles. The van der Waals surface area contributed by atoms with Crippen molar-refractivity contribution in [1.29, 1.82) is 0 Å². The van der Waals surface area contributed by atoms with Crippen molar-refractivity contribution in [1.82, 2.24) is 5.32 Å². The third kappa shape index (κ3) is 2.20. The van der Waals surface area contributed by atoms with Crippen molar-refractivity contribution in [3.63, 3.8) is 0 Å². The fourth-order valence-corrected chi connectivity index (χ4v) is 2.30. The van der Waals surface area contributed by atoms with Gasteiger partial charge < -0.3 is 15.3 Å². The lowest BCUT2D eigenvalue weighted by molar-refractivity contribution is 0.237. The summed E-state index contributed by atoms with van der Waals surface area (Å²) in [5, 5.41) is 12.8. The molecule has 1 aliphatic rings. The Morgan fingerprint density at radius 1 is 1.44 bits per heavy atom. The van der Waals surface area contributed by atoms with E-state index >= 15 is 0 Å². The smallest absolute Gasteiger partial charge is 0.0647 e. The van der Waals surface area contributed by atoms with Gasteiger partial charge in [0, 0.05) is 24.8 Å². The predicted octanol–water partition coefficient (Wildman–Crippen LogP) is 1.15. The van der Waals surface area contributed by atoms with E-state index in [2.05, 4.69) is 48.3 Å². The molecule has 0 aromatic heterocycles. The summed E-state index contributed by atoms with van der Waals surface area (Å²) < 4.78 is 0. The number of hydrogen-bond acceptors (Lipinski definition) is 3. The maximum absolute atomic E-state index is 9.42. The molecule has 0 amide bonds. The predicted molar refractivity (Wildman–Crippen MR) is 66.9 cm³/mol. The Kier molecular flexibility index (Phi) is 3.46. The van der Waals surface area contributed by atoms with E-state index in [4.69, 9.17) is 0 Å². The quantitative estimate of drug-likeness (QED) is 0.785. The molecule has 2 rings (SSSR count). The highest BCUT2D eigenvalue weighted by Gasteiger charge is 2.25. The molecule has 1 fully saturated rings. The Morgan fingerprint density at radius 2 is 2.19 bits per heavy atom. The minimum Gasteiger partial charge on any atom is -0.394 e. The van der Waals surface area contributed by atoms with Crippen molar-refractivity contribution in [3.8, 4) is 0 Å². The number of nitrogens with one attached hydrogen (secondary N) is 1. The van der Waals surface area contributed by atoms with Crippen LogP contribution in [0.15, 0.2) is 24.3 Å². The summed E-state index contributed by atoms with van der Waals surface area (Å²) >= 11 is 0. The van der Waals surface area contributed by atoms with E-state index in [9.17, 15) is 5.11 Å². The van der Waals surface area contributed by atoms with E-state index in [-0.39, 0.29) is 12.6 Å². The second kappa shape index (κ2) is 4.85. The van der Waals surface area contributed by atoms with E-state index < -0.39 is 0 Å². The summed E-state index contributed by atoms with van der Waals surface area (Å²) in [5.74, 6) is 0. The van der Waals surface area contributed by atoms with Crippen LogP contribution in [0.25, 0.3) is 0 Å². The van der Waals surface area contributed by atoms with Gasteiger partial charge in [-0.15, -0.1) is 0 Å². The number of aliphatic hydroxyl groups excluding tert-OH is 1. The Labute approximate surface area is 97.1 Å². The molecule has 2 atom stereocenters. The van der Waals surface area contributed by atoms with Crippen LogP contribution in [0.1, 0.15) is 12.5 Å². The molecule has 0 radical (unpaired) electrons. The monoisotopic (exact) mass is 220 g/mol. The molecule has 1 saturated heterocycles. The van der Waals surface area contributed by atoms with Crippen LogP contribution < -0.4 is 10.2 Å². The first-order valence-corrected chi connectivity index (χ1v) is 5.89. The topological polar surface area (TPSA) is 35.5 Å². The van der Waals surface area contributed by atoms with Gasteiger partial charge in [-0.2, -0.15) is 0 Å². The standard InChI is InChI=1S/C13H20N2O/c1-10-5-3-4-6-13(10)15-8-11(2)14-7-12(15)9-16/h3-6,11-12,14,16H,7-9H2,1-2H3. The van der Waals surface area contributed by atoms with Crippen molar-refractivity contribution in [2.45, 2.75) is 25.9 Å². The van der Waals surface area contributed by atoms with E-state index in [0.29, 0.717) is 6.04 Å². The Bertz CT molecular complexity index is 354. The van der Waals surface area contributed by atoms with Gasteiger partial charge in [-0.1, -0.05) is 18.2 Å². The van der Waals surface area contributed by atoms with Gasteiger partial charge >= 0.3 is 0 Å². The Balaban J connectivity index is 2.26.